The minimum atomic E-state index is -1.17. The Morgan fingerprint density at radius 1 is 1.05 bits per heavy atom. The topological polar surface area (TPSA) is 52.6 Å². The molecule has 0 amide bonds. The summed E-state index contributed by atoms with van der Waals surface area (Å²) in [6.45, 7) is 4.88. The van der Waals surface area contributed by atoms with Crippen molar-refractivity contribution in [1.29, 1.82) is 0 Å². The Labute approximate surface area is 109 Å². The summed E-state index contributed by atoms with van der Waals surface area (Å²) in [5, 5.41) is 0. The van der Waals surface area contributed by atoms with Crippen LogP contribution in [0.5, 0.6) is 0 Å². The summed E-state index contributed by atoms with van der Waals surface area (Å²) in [5.74, 6) is -4.37. The van der Waals surface area contributed by atoms with Gasteiger partial charge in [-0.25, -0.2) is 18.4 Å². The summed E-state index contributed by atoms with van der Waals surface area (Å²) < 4.78 is 36.4. The van der Waals surface area contributed by atoms with Crippen molar-refractivity contribution in [3.05, 3.63) is 34.9 Å². The Kier molecular flexibility index (Phi) is 4.24. The first-order valence-corrected chi connectivity index (χ1v) is 5.46. The van der Waals surface area contributed by atoms with Crippen molar-refractivity contribution in [2.75, 3.05) is 7.11 Å². The Bertz CT molecular complexity index is 495. The predicted molar refractivity (Wildman–Crippen MR) is 62.9 cm³/mol. The van der Waals surface area contributed by atoms with E-state index in [-0.39, 0.29) is 5.56 Å². The molecule has 0 bridgehead atoms. The van der Waals surface area contributed by atoms with Crippen LogP contribution in [0.4, 0.5) is 8.78 Å². The summed E-state index contributed by atoms with van der Waals surface area (Å²) in [5.41, 5.74) is -1.93. The lowest BCUT2D eigenvalue weighted by atomic mass is 10.1. The second-order valence-electron chi connectivity index (χ2n) is 4.81. The van der Waals surface area contributed by atoms with E-state index in [0.717, 1.165) is 19.2 Å². The van der Waals surface area contributed by atoms with Gasteiger partial charge in [-0.3, -0.25) is 0 Å². The van der Waals surface area contributed by atoms with Gasteiger partial charge >= 0.3 is 11.9 Å². The van der Waals surface area contributed by atoms with E-state index in [0.29, 0.717) is 0 Å². The highest BCUT2D eigenvalue weighted by Gasteiger charge is 2.24. The lowest BCUT2D eigenvalue weighted by molar-refractivity contribution is 0.00678. The highest BCUT2D eigenvalue weighted by Crippen LogP contribution is 2.19. The number of carbonyl (C=O) groups is 2. The molecule has 1 aromatic carbocycles. The summed E-state index contributed by atoms with van der Waals surface area (Å²) in [6.07, 6.45) is 0. The Balaban J connectivity index is 3.15. The van der Waals surface area contributed by atoms with Crippen molar-refractivity contribution in [2.24, 2.45) is 0 Å². The Morgan fingerprint density at radius 2 is 1.53 bits per heavy atom. The van der Waals surface area contributed by atoms with Gasteiger partial charge in [-0.1, -0.05) is 0 Å². The monoisotopic (exact) mass is 272 g/mol. The number of hydrogen-bond donors (Lipinski definition) is 0. The SMILES string of the molecule is COC(=O)c1c(F)cc(C(=O)OC(C)(C)C)cc1F. The average Bonchev–Trinajstić information content (AvgIpc) is 2.25. The lowest BCUT2D eigenvalue weighted by Gasteiger charge is -2.19. The Hall–Kier alpha value is -1.98. The van der Waals surface area contributed by atoms with Gasteiger partial charge in [0.1, 0.15) is 22.8 Å². The zero-order chi connectivity index (χ0) is 14.8. The number of rotatable bonds is 2. The van der Waals surface area contributed by atoms with Crippen LogP contribution in [-0.4, -0.2) is 24.6 Å². The predicted octanol–water partition coefficient (Wildman–Crippen LogP) is 2.71. The van der Waals surface area contributed by atoms with Crippen LogP contribution in [0.15, 0.2) is 12.1 Å². The van der Waals surface area contributed by atoms with Crippen molar-refractivity contribution >= 4 is 11.9 Å². The van der Waals surface area contributed by atoms with Gasteiger partial charge < -0.3 is 9.47 Å². The summed E-state index contributed by atoms with van der Waals surface area (Å²) in [7, 11) is 1.00. The number of carbonyl (C=O) groups excluding carboxylic acids is 2. The minimum absolute atomic E-state index is 0.308. The molecular weight excluding hydrogens is 258 g/mol. The molecule has 0 aliphatic rings. The molecule has 1 aromatic rings. The fourth-order valence-electron chi connectivity index (χ4n) is 1.33. The number of hydrogen-bond acceptors (Lipinski definition) is 4. The third kappa shape index (κ3) is 3.74. The smallest absolute Gasteiger partial charge is 0.343 e. The molecule has 0 saturated heterocycles. The third-order valence-electron chi connectivity index (χ3n) is 2.07. The summed E-state index contributed by atoms with van der Waals surface area (Å²) >= 11 is 0. The molecule has 0 atom stereocenters. The van der Waals surface area contributed by atoms with Gasteiger partial charge in [0.05, 0.1) is 12.7 Å². The van der Waals surface area contributed by atoms with Gasteiger partial charge in [-0.05, 0) is 32.9 Å². The molecular formula is C13H14F2O4. The maximum atomic E-state index is 13.6. The maximum absolute atomic E-state index is 13.6. The van der Waals surface area contributed by atoms with Gasteiger partial charge in [0.15, 0.2) is 0 Å². The second kappa shape index (κ2) is 5.34. The van der Waals surface area contributed by atoms with Crippen LogP contribution in [0.1, 0.15) is 41.5 Å². The molecule has 0 fully saturated rings. The molecule has 0 spiro atoms. The lowest BCUT2D eigenvalue weighted by Crippen LogP contribution is -2.24. The molecule has 0 radical (unpaired) electrons. The first-order valence-electron chi connectivity index (χ1n) is 5.46. The van der Waals surface area contributed by atoms with Crippen LogP contribution in [0.25, 0.3) is 0 Å². The van der Waals surface area contributed by atoms with Gasteiger partial charge in [-0.2, -0.15) is 0 Å². The molecule has 0 aliphatic heterocycles. The highest BCUT2D eigenvalue weighted by atomic mass is 19.1. The maximum Gasteiger partial charge on any atom is 0.343 e. The molecule has 0 saturated carbocycles. The second-order valence-corrected chi connectivity index (χ2v) is 4.81. The van der Waals surface area contributed by atoms with E-state index in [1.54, 1.807) is 20.8 Å². The normalized spacial score (nSPS) is 11.1. The van der Waals surface area contributed by atoms with E-state index in [1.165, 1.54) is 0 Å². The number of ether oxygens (including phenoxy) is 2. The van der Waals surface area contributed by atoms with Crippen LogP contribution >= 0.6 is 0 Å². The van der Waals surface area contributed by atoms with Crippen LogP contribution < -0.4 is 0 Å². The highest BCUT2D eigenvalue weighted by molar-refractivity contribution is 5.94. The molecule has 0 heterocycles. The first-order chi connectivity index (χ1) is 8.65. The fourth-order valence-corrected chi connectivity index (χ4v) is 1.33. The van der Waals surface area contributed by atoms with Crippen molar-refractivity contribution in [3.63, 3.8) is 0 Å². The third-order valence-corrected chi connectivity index (χ3v) is 2.07. The van der Waals surface area contributed by atoms with E-state index in [4.69, 9.17) is 4.74 Å². The van der Waals surface area contributed by atoms with Crippen LogP contribution in [0.3, 0.4) is 0 Å². The van der Waals surface area contributed by atoms with E-state index in [9.17, 15) is 18.4 Å². The standard InChI is InChI=1S/C13H14F2O4/c1-13(2,3)19-11(16)7-5-8(14)10(9(15)6-7)12(17)18-4/h5-6H,1-4H3. The fraction of sp³-hybridized carbons (Fsp3) is 0.385. The molecule has 1 rings (SSSR count). The molecule has 0 unspecified atom stereocenters. The summed E-state index contributed by atoms with van der Waals surface area (Å²) in [6, 6.07) is 1.48. The van der Waals surface area contributed by atoms with E-state index in [2.05, 4.69) is 4.74 Å². The van der Waals surface area contributed by atoms with Gasteiger partial charge in [0, 0.05) is 0 Å². The summed E-state index contributed by atoms with van der Waals surface area (Å²) in [4.78, 5) is 22.8. The molecule has 0 N–H and O–H groups in total. The van der Waals surface area contributed by atoms with Crippen molar-refractivity contribution in [3.8, 4) is 0 Å². The molecule has 0 aliphatic carbocycles. The molecule has 104 valence electrons. The quantitative estimate of drug-likeness (QED) is 0.777. The largest absolute Gasteiger partial charge is 0.465 e. The zero-order valence-corrected chi connectivity index (χ0v) is 11.0. The molecule has 0 aromatic heterocycles. The average molecular weight is 272 g/mol. The van der Waals surface area contributed by atoms with Crippen molar-refractivity contribution in [1.82, 2.24) is 0 Å². The van der Waals surface area contributed by atoms with E-state index in [1.807, 2.05) is 0 Å². The van der Waals surface area contributed by atoms with Gasteiger partial charge in [-0.15, -0.1) is 0 Å². The van der Waals surface area contributed by atoms with Crippen molar-refractivity contribution in [2.45, 2.75) is 26.4 Å². The number of esters is 2. The molecule has 19 heavy (non-hydrogen) atoms. The van der Waals surface area contributed by atoms with Crippen molar-refractivity contribution < 1.29 is 27.8 Å². The first kappa shape index (κ1) is 15.1. The van der Waals surface area contributed by atoms with E-state index < -0.39 is 34.7 Å². The van der Waals surface area contributed by atoms with E-state index >= 15 is 0 Å². The number of halogens is 2. The Morgan fingerprint density at radius 3 is 1.89 bits per heavy atom. The number of benzene rings is 1. The zero-order valence-electron chi connectivity index (χ0n) is 11.0. The van der Waals surface area contributed by atoms with Crippen LogP contribution in [0.2, 0.25) is 0 Å². The minimum Gasteiger partial charge on any atom is -0.465 e. The van der Waals surface area contributed by atoms with Crippen LogP contribution in [-0.2, 0) is 9.47 Å². The molecule has 4 nitrogen and oxygen atoms in total. The van der Waals surface area contributed by atoms with Gasteiger partial charge in [0.25, 0.3) is 0 Å². The van der Waals surface area contributed by atoms with Gasteiger partial charge in [0.2, 0.25) is 0 Å². The molecule has 6 heteroatoms. The van der Waals surface area contributed by atoms with Crippen LogP contribution in [0, 0.1) is 11.6 Å². The number of methoxy groups -OCH3 is 1.